The molecular formula is C25H30BK. The van der Waals surface area contributed by atoms with Gasteiger partial charge in [-0.15, -0.1) is 0 Å². The van der Waals surface area contributed by atoms with Gasteiger partial charge in [0.15, 0.2) is 0 Å². The van der Waals surface area contributed by atoms with Gasteiger partial charge in [-0.3, -0.25) is 0 Å². The fraction of sp³-hybridized carbons (Fsp3) is 0.280. The standard InChI is InChI=1S/C25H30B.K/c1-5-6-16-26(23-13-7-10-20(2)17-23,24-14-8-11-21(3)18-24)25-15-9-12-22(4)19-25;/h7-15,17-19H,5-6,16H2,1-4H3;/q-1;+1. The van der Waals surface area contributed by atoms with E-state index in [1.807, 2.05) is 0 Å². The van der Waals surface area contributed by atoms with Gasteiger partial charge in [0.25, 0.3) is 0 Å². The van der Waals surface area contributed by atoms with Crippen molar-refractivity contribution in [3.63, 3.8) is 0 Å². The van der Waals surface area contributed by atoms with Crippen molar-refractivity contribution in [2.24, 2.45) is 0 Å². The molecule has 0 radical (unpaired) electrons. The van der Waals surface area contributed by atoms with Crippen molar-refractivity contribution in [2.75, 3.05) is 0 Å². The van der Waals surface area contributed by atoms with Crippen LogP contribution in [0.2, 0.25) is 6.32 Å². The Bertz CT molecular complexity index is 774. The topological polar surface area (TPSA) is 0 Å². The van der Waals surface area contributed by atoms with E-state index < -0.39 is 6.15 Å². The number of aryl methyl sites for hydroxylation is 3. The van der Waals surface area contributed by atoms with E-state index in [-0.39, 0.29) is 51.4 Å². The van der Waals surface area contributed by atoms with Crippen LogP contribution in [0.25, 0.3) is 0 Å². The van der Waals surface area contributed by atoms with Gasteiger partial charge < -0.3 is 0 Å². The number of hydrogen-bond donors (Lipinski definition) is 0. The van der Waals surface area contributed by atoms with Crippen molar-refractivity contribution in [3.05, 3.63) is 89.5 Å². The molecule has 2 heteroatoms. The Labute approximate surface area is 208 Å². The molecule has 134 valence electrons. The third-order valence-corrected chi connectivity index (χ3v) is 5.82. The van der Waals surface area contributed by atoms with Gasteiger partial charge >= 0.3 is 51.4 Å². The van der Waals surface area contributed by atoms with Crippen LogP contribution >= 0.6 is 0 Å². The summed E-state index contributed by atoms with van der Waals surface area (Å²) in [6, 6.07) is 27.5. The number of unbranched alkanes of at least 4 members (excludes halogenated alkanes) is 1. The van der Waals surface area contributed by atoms with Gasteiger partial charge in [0, 0.05) is 0 Å². The molecule has 0 atom stereocenters. The predicted molar refractivity (Wildman–Crippen MR) is 118 cm³/mol. The van der Waals surface area contributed by atoms with Crippen LogP contribution in [-0.4, -0.2) is 6.15 Å². The van der Waals surface area contributed by atoms with E-state index in [1.54, 1.807) is 0 Å². The van der Waals surface area contributed by atoms with Crippen LogP contribution in [0.4, 0.5) is 0 Å². The molecule has 0 amide bonds. The fourth-order valence-corrected chi connectivity index (χ4v) is 4.52. The van der Waals surface area contributed by atoms with Crippen molar-refractivity contribution in [3.8, 4) is 0 Å². The molecule has 3 aromatic carbocycles. The summed E-state index contributed by atoms with van der Waals surface area (Å²) in [5.41, 5.74) is 8.42. The van der Waals surface area contributed by atoms with Crippen molar-refractivity contribution in [1.82, 2.24) is 0 Å². The molecule has 0 fully saturated rings. The maximum atomic E-state index is 2.40. The quantitative estimate of drug-likeness (QED) is 0.573. The molecular weight excluding hydrogens is 350 g/mol. The summed E-state index contributed by atoms with van der Waals surface area (Å²) in [4.78, 5) is 0. The fourth-order valence-electron chi connectivity index (χ4n) is 4.52. The third kappa shape index (κ3) is 5.05. The molecule has 0 unspecified atom stereocenters. The van der Waals surface area contributed by atoms with Crippen molar-refractivity contribution >= 4 is 22.5 Å². The summed E-state index contributed by atoms with van der Waals surface area (Å²) < 4.78 is 0. The van der Waals surface area contributed by atoms with Gasteiger partial charge in [0.1, 0.15) is 0 Å². The van der Waals surface area contributed by atoms with Gasteiger partial charge in [0.05, 0.1) is 6.15 Å². The van der Waals surface area contributed by atoms with Crippen LogP contribution in [0.3, 0.4) is 0 Å². The Balaban J connectivity index is 0.00000261. The van der Waals surface area contributed by atoms with E-state index in [1.165, 1.54) is 52.2 Å². The summed E-state index contributed by atoms with van der Waals surface area (Å²) in [5, 5.41) is 0. The Kier molecular flexibility index (Phi) is 8.58. The summed E-state index contributed by atoms with van der Waals surface area (Å²) in [6.07, 6.45) is 2.66. The second-order valence-corrected chi connectivity index (χ2v) is 7.93. The Morgan fingerprint density at radius 1 is 0.630 bits per heavy atom. The molecule has 0 spiro atoms. The zero-order valence-electron chi connectivity index (χ0n) is 17.6. The van der Waals surface area contributed by atoms with E-state index >= 15 is 0 Å². The average molecular weight is 380 g/mol. The normalized spacial score (nSPS) is 11.1. The first kappa shape index (κ1) is 22.6. The molecule has 0 saturated heterocycles. The second-order valence-electron chi connectivity index (χ2n) is 7.93. The maximum Gasteiger partial charge on any atom is 1.00 e. The van der Waals surface area contributed by atoms with Crippen molar-refractivity contribution in [1.29, 1.82) is 0 Å². The summed E-state index contributed by atoms with van der Waals surface area (Å²) >= 11 is 0. The zero-order chi connectivity index (χ0) is 18.6. The Morgan fingerprint density at radius 2 is 1.00 bits per heavy atom. The number of benzene rings is 3. The molecule has 27 heavy (non-hydrogen) atoms. The Hall–Kier alpha value is -0.639. The van der Waals surface area contributed by atoms with E-state index in [0.717, 1.165) is 0 Å². The monoisotopic (exact) mass is 380 g/mol. The van der Waals surface area contributed by atoms with Crippen molar-refractivity contribution < 1.29 is 51.4 Å². The molecule has 0 aliphatic heterocycles. The molecule has 0 saturated carbocycles. The van der Waals surface area contributed by atoms with E-state index in [4.69, 9.17) is 0 Å². The van der Waals surface area contributed by atoms with E-state index in [2.05, 4.69) is 100 Å². The molecule has 0 aliphatic carbocycles. The molecule has 0 nitrogen and oxygen atoms in total. The smallest absolute Gasteiger partial charge is 0.200 e. The van der Waals surface area contributed by atoms with Gasteiger partial charge in [-0.05, 0) is 20.8 Å². The number of rotatable bonds is 6. The summed E-state index contributed by atoms with van der Waals surface area (Å²) in [5.74, 6) is 0. The first-order valence-corrected chi connectivity index (χ1v) is 9.95. The molecule has 0 N–H and O–H groups in total. The predicted octanol–water partition coefficient (Wildman–Crippen LogP) is 1.89. The molecule has 3 rings (SSSR count). The minimum atomic E-state index is -0.971. The van der Waals surface area contributed by atoms with E-state index in [0.29, 0.717) is 0 Å². The minimum Gasteiger partial charge on any atom is -0.200 e. The van der Waals surface area contributed by atoms with Gasteiger partial charge in [-0.1, -0.05) is 109 Å². The first-order valence-electron chi connectivity index (χ1n) is 9.95. The van der Waals surface area contributed by atoms with Crippen molar-refractivity contribution in [2.45, 2.75) is 46.9 Å². The third-order valence-electron chi connectivity index (χ3n) is 5.82. The van der Waals surface area contributed by atoms with Crippen LogP contribution in [0.15, 0.2) is 72.8 Å². The van der Waals surface area contributed by atoms with Crippen LogP contribution < -0.4 is 67.8 Å². The van der Waals surface area contributed by atoms with Crippen LogP contribution in [0.5, 0.6) is 0 Å². The second kappa shape index (κ2) is 10.2. The largest absolute Gasteiger partial charge is 1.00 e. The Morgan fingerprint density at radius 3 is 1.30 bits per heavy atom. The number of hydrogen-bond acceptors (Lipinski definition) is 0. The molecule has 0 bridgehead atoms. The van der Waals surface area contributed by atoms with E-state index in [9.17, 15) is 0 Å². The molecule has 0 aromatic heterocycles. The minimum absolute atomic E-state index is 0. The van der Waals surface area contributed by atoms with Crippen LogP contribution in [0, 0.1) is 20.8 Å². The summed E-state index contributed by atoms with van der Waals surface area (Å²) in [7, 11) is 0. The summed E-state index contributed by atoms with van der Waals surface area (Å²) in [6.45, 7) is 8.91. The zero-order valence-corrected chi connectivity index (χ0v) is 20.7. The van der Waals surface area contributed by atoms with Gasteiger partial charge in [-0.25, -0.2) is 0 Å². The first-order chi connectivity index (χ1) is 12.6. The maximum absolute atomic E-state index is 2.40. The van der Waals surface area contributed by atoms with Gasteiger partial charge in [-0.2, -0.15) is 22.7 Å². The average Bonchev–Trinajstić information content (AvgIpc) is 2.63. The van der Waals surface area contributed by atoms with Gasteiger partial charge in [0.2, 0.25) is 0 Å². The molecule has 0 aliphatic rings. The SMILES string of the molecule is CCCC[B-](c1cccc(C)c1)(c1cccc(C)c1)c1cccc(C)c1.[K+]. The molecule has 3 aromatic rings. The molecule has 0 heterocycles. The van der Waals surface area contributed by atoms with Crippen LogP contribution in [0.1, 0.15) is 36.5 Å². The van der Waals surface area contributed by atoms with Crippen LogP contribution in [-0.2, 0) is 0 Å².